The van der Waals surface area contributed by atoms with Crippen LogP contribution in [0.1, 0.15) is 28.9 Å². The van der Waals surface area contributed by atoms with Crippen LogP contribution in [0.15, 0.2) is 54.6 Å². The summed E-state index contributed by atoms with van der Waals surface area (Å²) in [5.41, 5.74) is 8.77. The number of para-hydroxylation sites is 1. The molecule has 10 nitrogen and oxygen atoms in total. The summed E-state index contributed by atoms with van der Waals surface area (Å²) in [6, 6.07) is 15.9. The highest BCUT2D eigenvalue weighted by Gasteiger charge is 2.40. The number of nitrogens with zero attached hydrogens (tertiary/aromatic N) is 2. The van der Waals surface area contributed by atoms with Crippen LogP contribution in [-0.4, -0.2) is 55.4 Å². The molecule has 6 rings (SSSR count). The van der Waals surface area contributed by atoms with Crippen molar-refractivity contribution in [3.63, 3.8) is 0 Å². The number of nitrogens with two attached hydrogens (primary N) is 1. The van der Waals surface area contributed by atoms with Crippen LogP contribution in [0.2, 0.25) is 0 Å². The smallest absolute Gasteiger partial charge is 0.258 e. The summed E-state index contributed by atoms with van der Waals surface area (Å²) in [4.78, 5) is 19.5. The molecular weight excluding hydrogens is 514 g/mol. The van der Waals surface area contributed by atoms with Crippen LogP contribution >= 0.6 is 0 Å². The molecule has 0 bridgehead atoms. The summed E-state index contributed by atoms with van der Waals surface area (Å²) in [6.07, 6.45) is 2.10. The molecule has 4 aromatic rings. The lowest BCUT2D eigenvalue weighted by molar-refractivity contribution is 0.0767. The first-order valence-electron chi connectivity index (χ1n) is 12.7. The molecule has 1 fully saturated rings. The number of rotatable bonds is 7. The first kappa shape index (κ1) is 26.7. The maximum Gasteiger partial charge on any atom is 0.258 e. The summed E-state index contributed by atoms with van der Waals surface area (Å²) in [5, 5.41) is 9.74. The van der Waals surface area contributed by atoms with Crippen LogP contribution in [0.5, 0.6) is 40.2 Å². The third-order valence-corrected chi connectivity index (χ3v) is 6.83. The van der Waals surface area contributed by atoms with Gasteiger partial charge in [-0.05, 0) is 43.2 Å². The van der Waals surface area contributed by atoms with Crippen LogP contribution in [0, 0.1) is 0 Å². The number of methoxy groups -OCH3 is 4. The average Bonchev–Trinajstić information content (AvgIpc) is 3.76. The summed E-state index contributed by atoms with van der Waals surface area (Å²) >= 11 is 0. The number of phenols is 1. The van der Waals surface area contributed by atoms with Crippen molar-refractivity contribution in [2.75, 3.05) is 34.2 Å². The van der Waals surface area contributed by atoms with E-state index in [0.29, 0.717) is 69.2 Å². The van der Waals surface area contributed by atoms with E-state index in [1.807, 2.05) is 23.1 Å². The maximum absolute atomic E-state index is 12.8. The van der Waals surface area contributed by atoms with Gasteiger partial charge >= 0.3 is 0 Å². The predicted octanol–water partition coefficient (Wildman–Crippen LogP) is 5.15. The number of hydrogen-bond donors (Lipinski definition) is 2. The number of fused-ring (bicyclic) bond motifs is 2. The molecule has 0 spiro atoms. The molecule has 1 saturated carbocycles. The van der Waals surface area contributed by atoms with Crippen LogP contribution in [0.3, 0.4) is 0 Å². The number of benzene rings is 3. The predicted molar refractivity (Wildman–Crippen MR) is 150 cm³/mol. The Bertz CT molecular complexity index is 1570. The number of carbonyl (C=O) groups excluding carboxylic acids is 1. The van der Waals surface area contributed by atoms with Crippen molar-refractivity contribution < 1.29 is 33.6 Å². The third kappa shape index (κ3) is 5.07. The number of amides is 1. The van der Waals surface area contributed by atoms with Crippen LogP contribution < -0.4 is 29.4 Å². The lowest BCUT2D eigenvalue weighted by Gasteiger charge is -2.13. The Hall–Kier alpha value is -4.86. The van der Waals surface area contributed by atoms with Crippen molar-refractivity contribution in [1.82, 2.24) is 9.88 Å². The minimum atomic E-state index is -0.0133. The highest BCUT2D eigenvalue weighted by atomic mass is 16.5. The fraction of sp³-hybridized carbons (Fsp3) is 0.267. The molecule has 3 aromatic carbocycles. The van der Waals surface area contributed by atoms with Gasteiger partial charge in [0.05, 0.1) is 51.9 Å². The number of anilines is 1. The average molecular weight is 546 g/mol. The Kier molecular flexibility index (Phi) is 7.41. The number of aromatic nitrogens is 1. The minimum Gasteiger partial charge on any atom is -0.508 e. The molecule has 0 atom stereocenters. The van der Waals surface area contributed by atoms with E-state index < -0.39 is 0 Å². The normalized spacial score (nSPS) is 13.8. The molecular formula is C30H31N3O7. The fourth-order valence-corrected chi connectivity index (χ4v) is 4.66. The second-order valence-electron chi connectivity index (χ2n) is 9.32. The topological polar surface area (TPSA) is 126 Å². The van der Waals surface area contributed by atoms with Crippen molar-refractivity contribution >= 4 is 22.5 Å². The van der Waals surface area contributed by atoms with E-state index in [-0.39, 0.29) is 11.7 Å². The Morgan fingerprint density at radius 3 is 2.15 bits per heavy atom. The number of carbonyl (C=O) groups is 1. The van der Waals surface area contributed by atoms with Gasteiger partial charge in [0.2, 0.25) is 0 Å². The first-order valence-corrected chi connectivity index (χ1v) is 12.7. The van der Waals surface area contributed by atoms with Gasteiger partial charge in [-0.25, -0.2) is 4.98 Å². The zero-order chi connectivity index (χ0) is 28.4. The summed E-state index contributed by atoms with van der Waals surface area (Å²) in [5.74, 6) is 3.66. The lowest BCUT2D eigenvalue weighted by Crippen LogP contribution is -2.26. The van der Waals surface area contributed by atoms with E-state index in [2.05, 4.69) is 0 Å². The molecule has 1 aromatic heterocycles. The van der Waals surface area contributed by atoms with Crippen LogP contribution in [-0.2, 0) is 6.54 Å². The standard InChI is InChI=1S/C22H21N3O4.C8H10O3/c1-27-16-9-8-13(10-18(16)28-2)29-17-5-3-4-14-20(23)19-15(24-21(14)17)11-25(22(19)26)12-6-7-12;1-10-7-4-3-6(9)5-8(7)11-2/h3-5,8-10,12H,6-7,11H2,1-2H3,(H2,23,24);3-5,9H,1-2H3. The highest BCUT2D eigenvalue weighted by Crippen LogP contribution is 2.41. The van der Waals surface area contributed by atoms with Gasteiger partial charge in [-0.15, -0.1) is 0 Å². The van der Waals surface area contributed by atoms with E-state index in [4.69, 9.17) is 39.5 Å². The van der Waals surface area contributed by atoms with Crippen molar-refractivity contribution in [2.45, 2.75) is 25.4 Å². The zero-order valence-electron chi connectivity index (χ0n) is 22.8. The van der Waals surface area contributed by atoms with Crippen LogP contribution in [0.4, 0.5) is 5.69 Å². The zero-order valence-corrected chi connectivity index (χ0v) is 22.8. The van der Waals surface area contributed by atoms with Crippen molar-refractivity contribution in [2.24, 2.45) is 0 Å². The van der Waals surface area contributed by atoms with Crippen molar-refractivity contribution in [1.29, 1.82) is 0 Å². The number of hydrogen-bond acceptors (Lipinski definition) is 9. The van der Waals surface area contributed by atoms with E-state index in [0.717, 1.165) is 18.5 Å². The van der Waals surface area contributed by atoms with Gasteiger partial charge in [0.1, 0.15) is 17.0 Å². The summed E-state index contributed by atoms with van der Waals surface area (Å²) in [6.45, 7) is 0.504. The number of pyridine rings is 1. The van der Waals surface area contributed by atoms with E-state index in [1.165, 1.54) is 13.2 Å². The van der Waals surface area contributed by atoms with E-state index in [9.17, 15) is 4.79 Å². The van der Waals surface area contributed by atoms with Crippen molar-refractivity contribution in [3.05, 3.63) is 65.9 Å². The number of ether oxygens (including phenoxy) is 5. The Labute approximate surface area is 231 Å². The number of phenolic OH excluding ortho intramolecular Hbond substituents is 1. The van der Waals surface area contributed by atoms with E-state index >= 15 is 0 Å². The highest BCUT2D eigenvalue weighted by molar-refractivity contribution is 6.10. The fourth-order valence-electron chi connectivity index (χ4n) is 4.66. The molecule has 0 saturated heterocycles. The van der Waals surface area contributed by atoms with Gasteiger partial charge in [0, 0.05) is 23.6 Å². The second kappa shape index (κ2) is 11.1. The van der Waals surface area contributed by atoms with Gasteiger partial charge < -0.3 is 39.4 Å². The quantitative estimate of drug-likeness (QED) is 0.324. The first-order chi connectivity index (χ1) is 19.4. The van der Waals surface area contributed by atoms with Crippen molar-refractivity contribution in [3.8, 4) is 40.2 Å². The van der Waals surface area contributed by atoms with Gasteiger partial charge in [-0.2, -0.15) is 0 Å². The summed E-state index contributed by atoms with van der Waals surface area (Å²) in [7, 11) is 6.24. The maximum atomic E-state index is 12.8. The summed E-state index contributed by atoms with van der Waals surface area (Å²) < 4.78 is 26.6. The lowest BCUT2D eigenvalue weighted by atomic mass is 10.1. The van der Waals surface area contributed by atoms with Crippen LogP contribution in [0.25, 0.3) is 10.9 Å². The number of aromatic hydroxyl groups is 1. The Morgan fingerprint density at radius 1 is 0.850 bits per heavy atom. The number of nitrogen functional groups attached to an aromatic ring is 1. The molecule has 0 unspecified atom stereocenters. The molecule has 2 heterocycles. The third-order valence-electron chi connectivity index (χ3n) is 6.83. The van der Waals surface area contributed by atoms with Gasteiger partial charge in [0.25, 0.3) is 5.91 Å². The second-order valence-corrected chi connectivity index (χ2v) is 9.32. The monoisotopic (exact) mass is 545 g/mol. The Morgan fingerprint density at radius 2 is 1.50 bits per heavy atom. The van der Waals surface area contributed by atoms with Gasteiger partial charge in [0.15, 0.2) is 28.7 Å². The van der Waals surface area contributed by atoms with Gasteiger partial charge in [-0.1, -0.05) is 12.1 Å². The minimum absolute atomic E-state index is 0.0133. The van der Waals surface area contributed by atoms with E-state index in [1.54, 1.807) is 51.7 Å². The largest absolute Gasteiger partial charge is 0.508 e. The van der Waals surface area contributed by atoms with Gasteiger partial charge in [-0.3, -0.25) is 4.79 Å². The molecule has 10 heteroatoms. The SMILES string of the molecule is COc1ccc(O)cc1OC.COc1ccc(Oc2cccc3c(N)c4c(nc23)CN(C2CC2)C4=O)cc1OC. The molecule has 1 amide bonds. The molecule has 0 radical (unpaired) electrons. The Balaban J connectivity index is 0.000000248. The molecule has 40 heavy (non-hydrogen) atoms. The molecule has 3 N–H and O–H groups in total. The molecule has 2 aliphatic rings. The molecule has 1 aliphatic heterocycles. The molecule has 208 valence electrons. The molecule has 1 aliphatic carbocycles.